The fourth-order valence-corrected chi connectivity index (χ4v) is 10.4. The number of unbranched alkanes of at least 4 members (excludes halogenated alkanes) is 2. The number of aryl methyl sites for hydroxylation is 2. The summed E-state index contributed by atoms with van der Waals surface area (Å²) in [5, 5.41) is 54.4. The second-order valence-corrected chi connectivity index (χ2v) is 22.3. The van der Waals surface area contributed by atoms with Crippen LogP contribution in [0.15, 0.2) is 78.3 Å². The summed E-state index contributed by atoms with van der Waals surface area (Å²) in [5.41, 5.74) is 2.92. The van der Waals surface area contributed by atoms with Gasteiger partial charge in [0.1, 0.15) is 29.3 Å². The van der Waals surface area contributed by atoms with E-state index in [-0.39, 0.29) is 87.3 Å². The summed E-state index contributed by atoms with van der Waals surface area (Å²) >= 11 is 1.48. The second kappa shape index (κ2) is 25.3. The van der Waals surface area contributed by atoms with Crippen LogP contribution in [0.1, 0.15) is 129 Å². The first kappa shape index (κ1) is 58.2. The van der Waals surface area contributed by atoms with Gasteiger partial charge in [-0.3, -0.25) is 39.0 Å². The molecule has 0 bridgehead atoms. The van der Waals surface area contributed by atoms with Crippen LogP contribution in [-0.2, 0) is 35.2 Å². The molecular weight excluding hydrogens is 1020 g/mol. The number of hydrogen-bond acceptors (Lipinski definition) is 13. The molecule has 1 aliphatic heterocycles. The normalized spacial score (nSPS) is 18.2. The lowest BCUT2D eigenvalue weighted by Gasteiger charge is -2.36. The summed E-state index contributed by atoms with van der Waals surface area (Å²) in [4.78, 5) is 101. The van der Waals surface area contributed by atoms with Crippen molar-refractivity contribution in [3.63, 3.8) is 0 Å². The van der Waals surface area contributed by atoms with Gasteiger partial charge in [-0.25, -0.2) is 9.37 Å². The van der Waals surface area contributed by atoms with Gasteiger partial charge in [0.15, 0.2) is 5.67 Å². The molecular formula is C57H70FN9O10S. The number of thiazole rings is 1. The number of rotatable bonds is 23. The molecule has 0 radical (unpaired) electrons. The Kier molecular flexibility index (Phi) is 18.9. The van der Waals surface area contributed by atoms with Crippen LogP contribution in [0.2, 0.25) is 0 Å². The van der Waals surface area contributed by atoms with Crippen molar-refractivity contribution in [1.29, 1.82) is 5.41 Å². The summed E-state index contributed by atoms with van der Waals surface area (Å²) in [6.45, 7) is 7.42. The minimum absolute atomic E-state index is 0.0523. The zero-order valence-corrected chi connectivity index (χ0v) is 45.4. The number of amides is 7. The van der Waals surface area contributed by atoms with Crippen molar-refractivity contribution in [3.05, 3.63) is 112 Å². The third kappa shape index (κ3) is 14.7. The highest BCUT2D eigenvalue weighted by atomic mass is 32.1. The van der Waals surface area contributed by atoms with E-state index in [0.717, 1.165) is 39.8 Å². The van der Waals surface area contributed by atoms with E-state index in [2.05, 4.69) is 31.6 Å². The third-order valence-corrected chi connectivity index (χ3v) is 15.4. The first-order valence-corrected chi connectivity index (χ1v) is 27.2. The number of aliphatic hydroxyl groups is 2. The van der Waals surface area contributed by atoms with Crippen molar-refractivity contribution in [1.82, 2.24) is 41.4 Å². The molecule has 4 aromatic rings. The van der Waals surface area contributed by atoms with Crippen molar-refractivity contribution < 1.29 is 53.3 Å². The number of fused-ring (bicyclic) bond motifs is 1. The molecule has 1 aromatic heterocycles. The third-order valence-electron chi connectivity index (χ3n) is 14.4. The molecule has 3 aliphatic rings. The minimum Gasteiger partial charge on any atom is -0.507 e. The number of aromatic nitrogens is 1. The largest absolute Gasteiger partial charge is 0.507 e. The van der Waals surface area contributed by atoms with Crippen LogP contribution in [-0.4, -0.2) is 134 Å². The van der Waals surface area contributed by atoms with Crippen molar-refractivity contribution in [3.8, 4) is 16.2 Å². The monoisotopic (exact) mass is 1090 g/mol. The molecule has 2 heterocycles. The molecule has 1 saturated carbocycles. The highest BCUT2D eigenvalue weighted by Crippen LogP contribution is 2.41. The number of alkyl halides is 1. The van der Waals surface area contributed by atoms with Crippen molar-refractivity contribution in [2.45, 2.75) is 128 Å². The molecule has 78 heavy (non-hydrogen) atoms. The van der Waals surface area contributed by atoms with Gasteiger partial charge in [0.2, 0.25) is 23.6 Å². The van der Waals surface area contributed by atoms with Gasteiger partial charge in [-0.15, -0.1) is 11.3 Å². The fraction of sp³-hybridized carbons (Fsp3) is 0.456. The number of aliphatic hydroxyl groups excluding tert-OH is 2. The van der Waals surface area contributed by atoms with E-state index < -0.39 is 82.1 Å². The number of phenolic OH excluding ortho intramolecular Hbond substituents is 1. The number of aromatic hydroxyl groups is 1. The molecule has 416 valence electrons. The highest BCUT2D eigenvalue weighted by molar-refractivity contribution is 7.13. The highest BCUT2D eigenvalue weighted by Gasteiger charge is 2.53. The molecule has 3 aromatic carbocycles. The lowest BCUT2D eigenvalue weighted by molar-refractivity contribution is -0.145. The molecule has 7 rings (SSSR count). The van der Waals surface area contributed by atoms with E-state index in [9.17, 15) is 53.3 Å². The molecule has 2 aliphatic carbocycles. The van der Waals surface area contributed by atoms with Crippen molar-refractivity contribution in [2.75, 3.05) is 33.2 Å². The Morgan fingerprint density at radius 1 is 0.962 bits per heavy atom. The molecule has 2 fully saturated rings. The predicted octanol–water partition coefficient (Wildman–Crippen LogP) is 5.65. The number of phenols is 1. The second-order valence-electron chi connectivity index (χ2n) is 21.5. The quantitative estimate of drug-likeness (QED) is 0.0249. The number of likely N-dealkylation sites (N-methyl/N-ethyl adjacent to an activating group) is 1. The number of halogens is 1. The minimum atomic E-state index is -2.03. The summed E-state index contributed by atoms with van der Waals surface area (Å²) < 4.78 is 14.7. The van der Waals surface area contributed by atoms with Gasteiger partial charge in [0, 0.05) is 57.7 Å². The first-order chi connectivity index (χ1) is 37.0. The summed E-state index contributed by atoms with van der Waals surface area (Å²) in [6, 6.07) is 15.6. The van der Waals surface area contributed by atoms with Crippen LogP contribution in [0.25, 0.3) is 16.2 Å². The van der Waals surface area contributed by atoms with Gasteiger partial charge in [0.05, 0.1) is 46.3 Å². The molecule has 5 atom stereocenters. The lowest BCUT2D eigenvalue weighted by atomic mass is 9.85. The maximum atomic E-state index is 14.7. The Labute approximate surface area is 457 Å². The smallest absolute Gasteiger partial charge is 0.269 e. The summed E-state index contributed by atoms with van der Waals surface area (Å²) in [7, 11) is 1.51. The van der Waals surface area contributed by atoms with E-state index in [1.807, 2.05) is 55.5 Å². The van der Waals surface area contributed by atoms with E-state index in [4.69, 9.17) is 5.41 Å². The van der Waals surface area contributed by atoms with Crippen molar-refractivity contribution in [2.24, 2.45) is 5.41 Å². The summed E-state index contributed by atoms with van der Waals surface area (Å²) in [5.74, 6) is -4.79. The van der Waals surface area contributed by atoms with E-state index in [1.54, 1.807) is 26.3 Å². The van der Waals surface area contributed by atoms with Gasteiger partial charge in [0.25, 0.3) is 17.7 Å². The molecule has 21 heteroatoms. The first-order valence-electron chi connectivity index (χ1n) is 26.3. The number of carbonyl (C=O) groups is 7. The number of likely N-dealkylation sites (tertiary alicyclic amines) is 1. The predicted molar refractivity (Wildman–Crippen MR) is 292 cm³/mol. The van der Waals surface area contributed by atoms with E-state index >= 15 is 0 Å². The average Bonchev–Trinajstić information content (AvgIpc) is 3.68. The molecule has 1 saturated heterocycles. The van der Waals surface area contributed by atoms with Crippen LogP contribution < -0.4 is 26.6 Å². The Bertz CT molecular complexity index is 2930. The zero-order chi connectivity index (χ0) is 56.5. The topological polar surface area (TPSA) is 284 Å². The summed E-state index contributed by atoms with van der Waals surface area (Å²) in [6.07, 6.45) is 3.17. The van der Waals surface area contributed by atoms with Crippen molar-refractivity contribution >= 4 is 64.2 Å². The SMILES string of the molecule is Cc1ncsc1-c1ccc([C@H](CC(=O)NCCCCCC(=O)NCCN(C)C(=O)c2ccc(/C(O)=C/C(=N)C(=O)NC3CCc4ccccc43)cc2O)NC(=O)[C@@H]2C[C@@H](O)CN2C(=O)[C@@H](NC(=O)C2(F)CC2)C(C)(C)C)cc1. The number of hydrogen-bond donors (Lipinski definition) is 9. The standard InChI is InChI=1S/C57H70FN9O10S/c1-33-49(78-32-62-33)36-16-14-35(15-17-36)43(64-52(74)44-28-38(68)31-67(44)54(76)50(56(2,3)4)65-55(77)57(58)22-23-57)30-48(72)60-24-10-6-7-13-47(71)61-25-26-66(5)53(75)40-20-18-37(27-46(40)70)45(69)29-41(59)51(73)63-42-21-19-34-11-8-9-12-39(34)42/h8-9,11-12,14-18,20,27,29,32,38,42-44,50,59,68-70H,6-7,10,13,19,21-26,28,30-31H2,1-5H3,(H,60,72)(H,61,71)(H,63,73)(H,64,74)(H,65,77)/b45-29-,59-41?/t38-,42?,43+,44+,50-/m1/s1. The zero-order valence-electron chi connectivity index (χ0n) is 44.6. The average molecular weight is 1090 g/mol. The Balaban J connectivity index is 0.847. The van der Waals surface area contributed by atoms with E-state index in [1.165, 1.54) is 46.4 Å². The van der Waals surface area contributed by atoms with Crippen LogP contribution in [0.3, 0.4) is 0 Å². The van der Waals surface area contributed by atoms with Crippen LogP contribution in [0.5, 0.6) is 5.75 Å². The lowest BCUT2D eigenvalue weighted by Crippen LogP contribution is -2.59. The number of carbonyl (C=O) groups excluding carboxylic acids is 7. The maximum Gasteiger partial charge on any atom is 0.269 e. The molecule has 9 N–H and O–H groups in total. The number of nitrogens with zero attached hydrogens (tertiary/aromatic N) is 3. The molecule has 0 spiro atoms. The van der Waals surface area contributed by atoms with Gasteiger partial charge in [-0.1, -0.05) is 81.8 Å². The Hall–Kier alpha value is -7.52. The molecule has 7 amide bonds. The van der Waals surface area contributed by atoms with Gasteiger partial charge < -0.3 is 51.7 Å². The maximum absolute atomic E-state index is 14.7. The molecule has 19 nitrogen and oxygen atoms in total. The number of benzene rings is 3. The van der Waals surface area contributed by atoms with Gasteiger partial charge in [-0.05, 0) is 85.3 Å². The van der Waals surface area contributed by atoms with Crippen LogP contribution in [0, 0.1) is 17.7 Å². The fourth-order valence-electron chi connectivity index (χ4n) is 9.62. The van der Waals surface area contributed by atoms with Crippen LogP contribution >= 0.6 is 11.3 Å². The Morgan fingerprint density at radius 3 is 2.36 bits per heavy atom. The number of β-amino-alcohol motifs (C(OH)–C–C–N with tert-alkyl or cyclic N) is 1. The van der Waals surface area contributed by atoms with E-state index in [0.29, 0.717) is 31.2 Å². The number of nitrogens with one attached hydrogen (secondary N) is 6. The Morgan fingerprint density at radius 2 is 1.68 bits per heavy atom. The van der Waals surface area contributed by atoms with Gasteiger partial charge in [-0.2, -0.15) is 0 Å². The molecule has 1 unspecified atom stereocenters. The van der Waals surface area contributed by atoms with Gasteiger partial charge >= 0.3 is 0 Å². The van der Waals surface area contributed by atoms with Crippen LogP contribution in [0.4, 0.5) is 4.39 Å².